The molecule has 0 bridgehead atoms. The maximum atomic E-state index is 12.1. The fourth-order valence-electron chi connectivity index (χ4n) is 2.14. The molecule has 0 saturated heterocycles. The van der Waals surface area contributed by atoms with Crippen LogP contribution < -0.4 is 21.1 Å². The van der Waals surface area contributed by atoms with Gasteiger partial charge in [-0.3, -0.25) is 9.59 Å². The smallest absolute Gasteiger partial charge is 0.248 e. The van der Waals surface area contributed by atoms with Crippen LogP contribution in [0.3, 0.4) is 0 Å². The molecule has 6 heteroatoms. The van der Waals surface area contributed by atoms with Crippen molar-refractivity contribution in [3.05, 3.63) is 59.7 Å². The molecule has 2 aromatic rings. The summed E-state index contributed by atoms with van der Waals surface area (Å²) in [6, 6.07) is 12.7. The van der Waals surface area contributed by atoms with E-state index in [0.717, 1.165) is 16.9 Å². The molecule has 25 heavy (non-hydrogen) atoms. The zero-order chi connectivity index (χ0) is 18.2. The molecule has 0 fully saturated rings. The summed E-state index contributed by atoms with van der Waals surface area (Å²) < 4.78 is 5.15. The number of carbonyl (C=O) groups excluding carboxylic acids is 2. The predicted octanol–water partition coefficient (Wildman–Crippen LogP) is 2.55. The molecule has 130 valence electrons. The number of nitrogens with one attached hydrogen (secondary N) is 2. The van der Waals surface area contributed by atoms with Gasteiger partial charge in [0.05, 0.1) is 13.7 Å². The predicted molar refractivity (Wildman–Crippen MR) is 99.5 cm³/mol. The molecule has 2 aromatic carbocycles. The molecule has 0 heterocycles. The van der Waals surface area contributed by atoms with Crippen LogP contribution in [-0.4, -0.2) is 25.5 Å². The van der Waals surface area contributed by atoms with Gasteiger partial charge in [-0.25, -0.2) is 0 Å². The second-order valence-electron chi connectivity index (χ2n) is 5.38. The summed E-state index contributed by atoms with van der Waals surface area (Å²) in [5.74, 6) is 0.161. The van der Waals surface area contributed by atoms with Crippen molar-refractivity contribution < 1.29 is 14.3 Å². The van der Waals surface area contributed by atoms with E-state index in [9.17, 15) is 9.59 Å². The van der Waals surface area contributed by atoms with Crippen LogP contribution in [0.15, 0.2) is 48.5 Å². The third kappa shape index (κ3) is 5.47. The van der Waals surface area contributed by atoms with Gasteiger partial charge < -0.3 is 21.1 Å². The molecule has 0 atom stereocenters. The number of benzene rings is 2. The molecule has 0 unspecified atom stereocenters. The summed E-state index contributed by atoms with van der Waals surface area (Å²) in [5.41, 5.74) is 8.22. The highest BCUT2D eigenvalue weighted by Gasteiger charge is 2.05. The Labute approximate surface area is 146 Å². The Bertz CT molecular complexity index is 800. The molecule has 0 radical (unpaired) electrons. The Balaban J connectivity index is 2.07. The fourth-order valence-corrected chi connectivity index (χ4v) is 2.14. The monoisotopic (exact) mass is 339 g/mol. The number of hydrogen-bond acceptors (Lipinski definition) is 4. The van der Waals surface area contributed by atoms with Crippen molar-refractivity contribution in [2.24, 2.45) is 5.73 Å². The second-order valence-corrected chi connectivity index (χ2v) is 5.38. The molecular weight excluding hydrogens is 318 g/mol. The van der Waals surface area contributed by atoms with Crippen LogP contribution >= 0.6 is 0 Å². The van der Waals surface area contributed by atoms with Crippen molar-refractivity contribution in [1.29, 1.82) is 0 Å². The number of methoxy groups -OCH3 is 1. The third-order valence-electron chi connectivity index (χ3n) is 3.49. The Morgan fingerprint density at radius 1 is 1.16 bits per heavy atom. The zero-order valence-corrected chi connectivity index (χ0v) is 14.2. The van der Waals surface area contributed by atoms with Gasteiger partial charge in [0.15, 0.2) is 0 Å². The first-order chi connectivity index (χ1) is 12.0. The summed E-state index contributed by atoms with van der Waals surface area (Å²) >= 11 is 0. The van der Waals surface area contributed by atoms with Crippen LogP contribution in [0.25, 0.3) is 6.08 Å². The third-order valence-corrected chi connectivity index (χ3v) is 3.49. The fraction of sp³-hybridized carbons (Fsp3) is 0.158. The highest BCUT2D eigenvalue weighted by molar-refractivity contribution is 6.03. The molecule has 0 aromatic heterocycles. The van der Waals surface area contributed by atoms with E-state index in [0.29, 0.717) is 11.4 Å². The van der Waals surface area contributed by atoms with Gasteiger partial charge in [-0.15, -0.1) is 0 Å². The molecule has 0 aliphatic carbocycles. The van der Waals surface area contributed by atoms with E-state index in [1.807, 2.05) is 37.3 Å². The zero-order valence-electron chi connectivity index (χ0n) is 14.2. The normalized spacial score (nSPS) is 10.5. The lowest BCUT2D eigenvalue weighted by atomic mass is 10.1. The molecule has 0 saturated carbocycles. The Kier molecular flexibility index (Phi) is 6.31. The SMILES string of the molecule is COc1cccc(/C=C/C(=O)Nc2cc(NC(=O)CN)ccc2C)c1. The second kappa shape index (κ2) is 8.65. The molecule has 0 spiro atoms. The molecule has 0 aliphatic heterocycles. The molecule has 6 nitrogen and oxygen atoms in total. The number of nitrogens with two attached hydrogens (primary N) is 1. The van der Waals surface area contributed by atoms with E-state index in [4.69, 9.17) is 10.5 Å². The van der Waals surface area contributed by atoms with Gasteiger partial charge in [0.25, 0.3) is 0 Å². The largest absolute Gasteiger partial charge is 0.497 e. The minimum atomic E-state index is -0.293. The first-order valence-electron chi connectivity index (χ1n) is 7.75. The van der Waals surface area contributed by atoms with Gasteiger partial charge in [-0.1, -0.05) is 18.2 Å². The number of carbonyl (C=O) groups is 2. The number of amides is 2. The average molecular weight is 339 g/mol. The van der Waals surface area contributed by atoms with Crippen LogP contribution in [0.4, 0.5) is 11.4 Å². The van der Waals surface area contributed by atoms with Crippen molar-refractivity contribution in [2.45, 2.75) is 6.92 Å². The molecular formula is C19H21N3O3. The highest BCUT2D eigenvalue weighted by atomic mass is 16.5. The van der Waals surface area contributed by atoms with E-state index in [-0.39, 0.29) is 18.4 Å². The standard InChI is InChI=1S/C19H21N3O3/c1-13-6-8-15(21-19(24)12-20)11-17(13)22-18(23)9-7-14-4-3-5-16(10-14)25-2/h3-11H,12,20H2,1-2H3,(H,21,24)(H,22,23)/b9-7+. The van der Waals surface area contributed by atoms with E-state index >= 15 is 0 Å². The maximum absolute atomic E-state index is 12.1. The van der Waals surface area contributed by atoms with Crippen LogP contribution in [0.1, 0.15) is 11.1 Å². The van der Waals surface area contributed by atoms with Gasteiger partial charge in [-0.05, 0) is 48.4 Å². The summed E-state index contributed by atoms with van der Waals surface area (Å²) in [6.45, 7) is 1.77. The number of rotatable bonds is 6. The van der Waals surface area contributed by atoms with Crippen molar-refractivity contribution in [2.75, 3.05) is 24.3 Å². The molecule has 0 aliphatic rings. The molecule has 2 rings (SSSR count). The lowest BCUT2D eigenvalue weighted by molar-refractivity contribution is -0.115. The van der Waals surface area contributed by atoms with Crippen molar-refractivity contribution in [3.63, 3.8) is 0 Å². The van der Waals surface area contributed by atoms with Gasteiger partial charge in [0.1, 0.15) is 5.75 Å². The van der Waals surface area contributed by atoms with Crippen molar-refractivity contribution >= 4 is 29.3 Å². The Hall–Kier alpha value is -3.12. The van der Waals surface area contributed by atoms with E-state index in [1.165, 1.54) is 6.08 Å². The Morgan fingerprint density at radius 2 is 1.96 bits per heavy atom. The summed E-state index contributed by atoms with van der Waals surface area (Å²) in [4.78, 5) is 23.5. The summed E-state index contributed by atoms with van der Waals surface area (Å²) in [7, 11) is 1.59. The summed E-state index contributed by atoms with van der Waals surface area (Å²) in [6.07, 6.45) is 3.15. The van der Waals surface area contributed by atoms with Gasteiger partial charge in [0, 0.05) is 17.5 Å². The first kappa shape index (κ1) is 18.2. The number of hydrogen-bond donors (Lipinski definition) is 3. The number of anilines is 2. The van der Waals surface area contributed by atoms with Crippen LogP contribution in [0.2, 0.25) is 0 Å². The minimum absolute atomic E-state index is 0.0984. The average Bonchev–Trinajstić information content (AvgIpc) is 2.62. The van der Waals surface area contributed by atoms with Crippen LogP contribution in [0, 0.1) is 6.92 Å². The number of ether oxygens (including phenoxy) is 1. The van der Waals surface area contributed by atoms with Crippen molar-refractivity contribution in [3.8, 4) is 5.75 Å². The van der Waals surface area contributed by atoms with E-state index in [2.05, 4.69) is 10.6 Å². The highest BCUT2D eigenvalue weighted by Crippen LogP contribution is 2.20. The van der Waals surface area contributed by atoms with E-state index in [1.54, 1.807) is 25.3 Å². The van der Waals surface area contributed by atoms with Gasteiger partial charge in [0.2, 0.25) is 11.8 Å². The van der Waals surface area contributed by atoms with Crippen LogP contribution in [0.5, 0.6) is 5.75 Å². The molecule has 4 N–H and O–H groups in total. The molecule has 2 amide bonds. The minimum Gasteiger partial charge on any atom is -0.497 e. The maximum Gasteiger partial charge on any atom is 0.248 e. The Morgan fingerprint density at radius 3 is 2.68 bits per heavy atom. The van der Waals surface area contributed by atoms with Gasteiger partial charge in [-0.2, -0.15) is 0 Å². The summed E-state index contributed by atoms with van der Waals surface area (Å²) in [5, 5.41) is 5.46. The topological polar surface area (TPSA) is 93.5 Å². The lowest BCUT2D eigenvalue weighted by Gasteiger charge is -2.10. The number of aryl methyl sites for hydroxylation is 1. The van der Waals surface area contributed by atoms with Gasteiger partial charge >= 0.3 is 0 Å². The quantitative estimate of drug-likeness (QED) is 0.705. The van der Waals surface area contributed by atoms with Crippen molar-refractivity contribution in [1.82, 2.24) is 0 Å². The lowest BCUT2D eigenvalue weighted by Crippen LogP contribution is -2.22. The first-order valence-corrected chi connectivity index (χ1v) is 7.75. The van der Waals surface area contributed by atoms with E-state index < -0.39 is 0 Å². The van der Waals surface area contributed by atoms with Crippen LogP contribution in [-0.2, 0) is 9.59 Å².